The van der Waals surface area contributed by atoms with E-state index in [-0.39, 0.29) is 11.3 Å². The number of hydrogen-bond acceptors (Lipinski definition) is 1. The second kappa shape index (κ2) is 5.79. The van der Waals surface area contributed by atoms with Gasteiger partial charge in [-0.15, -0.1) is 0 Å². The number of aryl methyl sites for hydroxylation is 2. The van der Waals surface area contributed by atoms with Crippen LogP contribution in [0.2, 0.25) is 0 Å². The number of rotatable bonds is 4. The molecule has 0 aromatic heterocycles. The van der Waals surface area contributed by atoms with Gasteiger partial charge in [0, 0.05) is 5.56 Å². The molecule has 98 valence electrons. The minimum Gasteiger partial charge on any atom is -0.288 e. The molecule has 0 bridgehead atoms. The maximum absolute atomic E-state index is 13.7. The van der Waals surface area contributed by atoms with Gasteiger partial charge < -0.3 is 0 Å². The smallest absolute Gasteiger partial charge is 0.196 e. The summed E-state index contributed by atoms with van der Waals surface area (Å²) >= 11 is 0. The van der Waals surface area contributed by atoms with E-state index < -0.39 is 5.82 Å². The molecule has 1 nitrogen and oxygen atoms in total. The first kappa shape index (κ1) is 13.5. The minimum atomic E-state index is -0.462. The molecule has 0 fully saturated rings. The van der Waals surface area contributed by atoms with E-state index in [1.807, 2.05) is 32.0 Å². The van der Waals surface area contributed by atoms with Gasteiger partial charge in [0.05, 0.1) is 5.56 Å². The third-order valence-electron chi connectivity index (χ3n) is 3.33. The van der Waals surface area contributed by atoms with E-state index in [4.69, 9.17) is 0 Å². The van der Waals surface area contributed by atoms with Crippen LogP contribution in [0.5, 0.6) is 0 Å². The average molecular weight is 256 g/mol. The Bertz CT molecular complexity index is 602. The second-order valence-corrected chi connectivity index (χ2v) is 4.51. The molecule has 0 saturated carbocycles. The molecule has 2 aromatic carbocycles. The Morgan fingerprint density at radius 1 is 1.00 bits per heavy atom. The molecule has 0 aliphatic carbocycles. The fraction of sp³-hybridized carbons (Fsp3) is 0.235. The van der Waals surface area contributed by atoms with Crippen molar-refractivity contribution in [2.24, 2.45) is 0 Å². The summed E-state index contributed by atoms with van der Waals surface area (Å²) in [7, 11) is 0. The van der Waals surface area contributed by atoms with Crippen molar-refractivity contribution in [3.8, 4) is 0 Å². The SMILES string of the molecule is CCc1ccc(CC)c(C(=O)c2ccccc2F)c1. The zero-order valence-corrected chi connectivity index (χ0v) is 11.2. The van der Waals surface area contributed by atoms with Crippen LogP contribution in [0.15, 0.2) is 42.5 Å². The van der Waals surface area contributed by atoms with Crippen LogP contribution in [0, 0.1) is 5.82 Å². The number of halogens is 1. The summed E-state index contributed by atoms with van der Waals surface area (Å²) in [5, 5.41) is 0. The lowest BCUT2D eigenvalue weighted by molar-refractivity contribution is 0.103. The van der Waals surface area contributed by atoms with Crippen LogP contribution in [-0.4, -0.2) is 5.78 Å². The Kier molecular flexibility index (Phi) is 4.10. The quantitative estimate of drug-likeness (QED) is 0.750. The van der Waals surface area contributed by atoms with Crippen LogP contribution < -0.4 is 0 Å². The summed E-state index contributed by atoms with van der Waals surface area (Å²) in [5.74, 6) is -0.693. The molecule has 0 saturated heterocycles. The zero-order chi connectivity index (χ0) is 13.8. The van der Waals surface area contributed by atoms with E-state index in [0.717, 1.165) is 24.0 Å². The van der Waals surface area contributed by atoms with E-state index >= 15 is 0 Å². The third-order valence-corrected chi connectivity index (χ3v) is 3.33. The fourth-order valence-corrected chi connectivity index (χ4v) is 2.15. The van der Waals surface area contributed by atoms with E-state index in [1.165, 1.54) is 12.1 Å². The molecule has 0 radical (unpaired) electrons. The Labute approximate surface area is 113 Å². The van der Waals surface area contributed by atoms with Gasteiger partial charge in [-0.3, -0.25) is 4.79 Å². The van der Waals surface area contributed by atoms with Crippen LogP contribution >= 0.6 is 0 Å². The highest BCUT2D eigenvalue weighted by Crippen LogP contribution is 2.19. The highest BCUT2D eigenvalue weighted by molar-refractivity contribution is 6.10. The van der Waals surface area contributed by atoms with Gasteiger partial charge in [0.1, 0.15) is 5.82 Å². The molecular formula is C17H17FO. The summed E-state index contributed by atoms with van der Waals surface area (Å²) in [4.78, 5) is 12.5. The lowest BCUT2D eigenvalue weighted by Gasteiger charge is -2.09. The van der Waals surface area contributed by atoms with Crippen molar-refractivity contribution in [2.75, 3.05) is 0 Å². The molecule has 0 heterocycles. The maximum Gasteiger partial charge on any atom is 0.196 e. The molecule has 2 rings (SSSR count). The molecule has 0 N–H and O–H groups in total. The summed E-state index contributed by atoms with van der Waals surface area (Å²) in [6.07, 6.45) is 1.63. The van der Waals surface area contributed by atoms with Gasteiger partial charge in [-0.25, -0.2) is 4.39 Å². The van der Waals surface area contributed by atoms with E-state index in [0.29, 0.717) is 5.56 Å². The predicted molar refractivity (Wildman–Crippen MR) is 75.0 cm³/mol. The molecule has 0 spiro atoms. The van der Waals surface area contributed by atoms with Crippen LogP contribution in [0.4, 0.5) is 4.39 Å². The molecule has 2 heteroatoms. The maximum atomic E-state index is 13.7. The van der Waals surface area contributed by atoms with Crippen molar-refractivity contribution >= 4 is 5.78 Å². The summed E-state index contributed by atoms with van der Waals surface area (Å²) in [6, 6.07) is 12.0. The van der Waals surface area contributed by atoms with Gasteiger partial charge in [-0.05, 0) is 42.2 Å². The van der Waals surface area contributed by atoms with Crippen LogP contribution in [0.3, 0.4) is 0 Å². The van der Waals surface area contributed by atoms with Crippen molar-refractivity contribution < 1.29 is 9.18 Å². The summed E-state index contributed by atoms with van der Waals surface area (Å²) in [6.45, 7) is 4.04. The van der Waals surface area contributed by atoms with Gasteiger partial charge in [-0.2, -0.15) is 0 Å². The van der Waals surface area contributed by atoms with Crippen molar-refractivity contribution in [1.29, 1.82) is 0 Å². The van der Waals surface area contributed by atoms with Crippen molar-refractivity contribution in [1.82, 2.24) is 0 Å². The molecule has 0 aliphatic heterocycles. The van der Waals surface area contributed by atoms with Crippen molar-refractivity contribution in [2.45, 2.75) is 26.7 Å². The Morgan fingerprint density at radius 3 is 2.37 bits per heavy atom. The van der Waals surface area contributed by atoms with Crippen LogP contribution in [0.25, 0.3) is 0 Å². The first-order chi connectivity index (χ1) is 9.17. The average Bonchev–Trinajstić information content (AvgIpc) is 2.46. The number of carbonyl (C=O) groups excluding carboxylic acids is 1. The first-order valence-electron chi connectivity index (χ1n) is 6.58. The van der Waals surface area contributed by atoms with Gasteiger partial charge in [-0.1, -0.05) is 38.1 Å². The number of ketones is 1. The summed E-state index contributed by atoms with van der Waals surface area (Å²) < 4.78 is 13.7. The van der Waals surface area contributed by atoms with Crippen LogP contribution in [-0.2, 0) is 12.8 Å². The van der Waals surface area contributed by atoms with E-state index in [1.54, 1.807) is 12.1 Å². The fourth-order valence-electron chi connectivity index (χ4n) is 2.15. The van der Waals surface area contributed by atoms with Gasteiger partial charge in [0.25, 0.3) is 0 Å². The highest BCUT2D eigenvalue weighted by Gasteiger charge is 2.16. The normalized spacial score (nSPS) is 10.5. The van der Waals surface area contributed by atoms with Crippen molar-refractivity contribution in [3.63, 3.8) is 0 Å². The monoisotopic (exact) mass is 256 g/mol. The van der Waals surface area contributed by atoms with Gasteiger partial charge in [0.15, 0.2) is 5.78 Å². The molecule has 2 aromatic rings. The Balaban J connectivity index is 2.51. The molecule has 0 atom stereocenters. The first-order valence-corrected chi connectivity index (χ1v) is 6.58. The largest absolute Gasteiger partial charge is 0.288 e. The molecule has 0 unspecified atom stereocenters. The minimum absolute atomic E-state index is 0.144. The van der Waals surface area contributed by atoms with Gasteiger partial charge in [0.2, 0.25) is 0 Å². The predicted octanol–water partition coefficient (Wildman–Crippen LogP) is 4.18. The lowest BCUT2D eigenvalue weighted by atomic mass is 9.94. The van der Waals surface area contributed by atoms with Gasteiger partial charge >= 0.3 is 0 Å². The third kappa shape index (κ3) is 2.73. The Hall–Kier alpha value is -1.96. The number of carbonyl (C=O) groups is 1. The molecule has 0 aliphatic rings. The van der Waals surface area contributed by atoms with Crippen molar-refractivity contribution in [3.05, 3.63) is 70.5 Å². The van der Waals surface area contributed by atoms with E-state index in [9.17, 15) is 9.18 Å². The second-order valence-electron chi connectivity index (χ2n) is 4.51. The lowest BCUT2D eigenvalue weighted by Crippen LogP contribution is -2.08. The molecule has 0 amide bonds. The zero-order valence-electron chi connectivity index (χ0n) is 11.2. The molecule has 19 heavy (non-hydrogen) atoms. The molecular weight excluding hydrogens is 239 g/mol. The van der Waals surface area contributed by atoms with Crippen LogP contribution in [0.1, 0.15) is 40.9 Å². The number of benzene rings is 2. The topological polar surface area (TPSA) is 17.1 Å². The number of hydrogen-bond donors (Lipinski definition) is 0. The van der Waals surface area contributed by atoms with E-state index in [2.05, 4.69) is 0 Å². The highest BCUT2D eigenvalue weighted by atomic mass is 19.1. The summed E-state index contributed by atoms with van der Waals surface area (Å²) in [5.41, 5.74) is 2.82. The standard InChI is InChI=1S/C17H17FO/c1-3-12-9-10-13(4-2)15(11-12)17(19)14-7-5-6-8-16(14)18/h5-11H,3-4H2,1-2H3. The Morgan fingerprint density at radius 2 is 1.74 bits per heavy atom.